The van der Waals surface area contributed by atoms with Crippen molar-refractivity contribution in [3.63, 3.8) is 0 Å². The van der Waals surface area contributed by atoms with E-state index in [9.17, 15) is 4.79 Å². The normalized spacial score (nSPS) is 14.3. The Bertz CT molecular complexity index is 1320. The molecule has 0 saturated carbocycles. The first kappa shape index (κ1) is 23.5. The van der Waals surface area contributed by atoms with E-state index in [4.69, 9.17) is 9.47 Å². The van der Waals surface area contributed by atoms with Gasteiger partial charge in [-0.1, -0.05) is 12.5 Å². The average Bonchev–Trinajstić information content (AvgIpc) is 3.31. The number of aromatic nitrogens is 2. The number of piperidine rings is 1. The van der Waals surface area contributed by atoms with Crippen molar-refractivity contribution < 1.29 is 14.3 Å². The number of esters is 1. The van der Waals surface area contributed by atoms with Crippen LogP contribution in [0.1, 0.15) is 43.0 Å². The number of nitrogens with one attached hydrogen (secondary N) is 1. The van der Waals surface area contributed by atoms with Crippen molar-refractivity contribution in [3.05, 3.63) is 53.7 Å². The number of hydrogen-bond acceptors (Lipinski definition) is 8. The van der Waals surface area contributed by atoms with Crippen LogP contribution < -0.4 is 10.1 Å². The summed E-state index contributed by atoms with van der Waals surface area (Å²) < 4.78 is 12.2. The van der Waals surface area contributed by atoms with Gasteiger partial charge < -0.3 is 19.7 Å². The molecule has 182 valence electrons. The number of fused-ring (bicyclic) bond motifs is 2. The van der Waals surface area contributed by atoms with Gasteiger partial charge in [0.2, 0.25) is 0 Å². The number of hydrogen-bond donors (Lipinski definition) is 1. The summed E-state index contributed by atoms with van der Waals surface area (Å²) in [7, 11) is 0. The molecule has 0 unspecified atom stereocenters. The predicted octanol–water partition coefficient (Wildman–Crippen LogP) is 6.02. The van der Waals surface area contributed by atoms with Gasteiger partial charge in [-0.25, -0.2) is 14.8 Å². The summed E-state index contributed by atoms with van der Waals surface area (Å²) >= 11 is 1.52. The molecule has 1 aliphatic heterocycles. The van der Waals surface area contributed by atoms with E-state index >= 15 is 0 Å². The molecule has 0 aliphatic carbocycles. The maximum atomic E-state index is 12.2. The highest BCUT2D eigenvalue weighted by atomic mass is 32.1. The molecule has 5 rings (SSSR count). The lowest BCUT2D eigenvalue weighted by molar-refractivity contribution is 0.0529. The Morgan fingerprint density at radius 2 is 1.94 bits per heavy atom. The van der Waals surface area contributed by atoms with Crippen molar-refractivity contribution in [2.75, 3.05) is 38.2 Å². The Kier molecular flexibility index (Phi) is 7.39. The summed E-state index contributed by atoms with van der Waals surface area (Å²) in [6.45, 7) is 6.41. The van der Waals surface area contributed by atoms with Crippen LogP contribution in [0, 0.1) is 0 Å². The standard InChI is InChI=1S/C27H30N4O3S/c1-2-33-27(32)23-17-35-25-15-19(7-9-21(23)25)30-26-22-10-8-20(16-24(22)28-18-29-26)34-14-6-13-31-11-4-3-5-12-31/h7-10,15-18H,2-6,11-14H2,1H3,(H,28,29,30). The summed E-state index contributed by atoms with van der Waals surface area (Å²) in [6.07, 6.45) is 6.59. The Hall–Kier alpha value is -3.23. The van der Waals surface area contributed by atoms with Gasteiger partial charge >= 0.3 is 5.97 Å². The van der Waals surface area contributed by atoms with E-state index in [-0.39, 0.29) is 5.97 Å². The lowest BCUT2D eigenvalue weighted by Crippen LogP contribution is -2.31. The van der Waals surface area contributed by atoms with Crippen molar-refractivity contribution in [1.29, 1.82) is 0 Å². The smallest absolute Gasteiger partial charge is 0.339 e. The molecule has 0 spiro atoms. The highest BCUT2D eigenvalue weighted by Gasteiger charge is 2.14. The van der Waals surface area contributed by atoms with E-state index < -0.39 is 0 Å². The zero-order valence-corrected chi connectivity index (χ0v) is 20.8. The van der Waals surface area contributed by atoms with Crippen LogP contribution >= 0.6 is 11.3 Å². The van der Waals surface area contributed by atoms with Gasteiger partial charge in [-0.05, 0) is 63.5 Å². The Balaban J connectivity index is 1.25. The molecule has 2 aromatic carbocycles. The van der Waals surface area contributed by atoms with Crippen molar-refractivity contribution >= 4 is 49.8 Å². The van der Waals surface area contributed by atoms with Crippen LogP contribution in [0.15, 0.2) is 48.1 Å². The third-order valence-corrected chi connectivity index (χ3v) is 7.22. The molecule has 3 heterocycles. The summed E-state index contributed by atoms with van der Waals surface area (Å²) in [5.74, 6) is 1.27. The summed E-state index contributed by atoms with van der Waals surface area (Å²) in [6, 6.07) is 11.9. The van der Waals surface area contributed by atoms with E-state index in [1.165, 1.54) is 43.7 Å². The number of carbonyl (C=O) groups excluding carboxylic acids is 1. The molecule has 1 aliphatic rings. The lowest BCUT2D eigenvalue weighted by atomic mass is 10.1. The molecular weight excluding hydrogens is 460 g/mol. The van der Waals surface area contributed by atoms with Gasteiger partial charge in [-0.15, -0.1) is 11.3 Å². The highest BCUT2D eigenvalue weighted by Crippen LogP contribution is 2.32. The van der Waals surface area contributed by atoms with Crippen LogP contribution in [0.25, 0.3) is 21.0 Å². The van der Waals surface area contributed by atoms with Crippen LogP contribution in [0.4, 0.5) is 11.5 Å². The fourth-order valence-electron chi connectivity index (χ4n) is 4.50. The van der Waals surface area contributed by atoms with Crippen molar-refractivity contribution in [1.82, 2.24) is 14.9 Å². The summed E-state index contributed by atoms with van der Waals surface area (Å²) in [5.41, 5.74) is 2.33. The van der Waals surface area contributed by atoms with Gasteiger partial charge in [-0.2, -0.15) is 0 Å². The number of thiophene rings is 1. The number of benzene rings is 2. The van der Waals surface area contributed by atoms with Gasteiger partial charge in [0.15, 0.2) is 0 Å². The third-order valence-electron chi connectivity index (χ3n) is 6.28. The SMILES string of the molecule is CCOC(=O)c1csc2cc(Nc3ncnc4cc(OCCCN5CCCCC5)ccc34)ccc12. The maximum Gasteiger partial charge on any atom is 0.339 e. The van der Waals surface area contributed by atoms with Gasteiger partial charge in [-0.3, -0.25) is 0 Å². The predicted molar refractivity (Wildman–Crippen MR) is 141 cm³/mol. The second-order valence-corrected chi connectivity index (χ2v) is 9.62. The van der Waals surface area contributed by atoms with E-state index in [2.05, 4.69) is 20.2 Å². The molecule has 8 heteroatoms. The first-order chi connectivity index (χ1) is 17.2. The fraction of sp³-hybridized carbons (Fsp3) is 0.370. The minimum Gasteiger partial charge on any atom is -0.493 e. The zero-order valence-electron chi connectivity index (χ0n) is 20.0. The molecule has 1 fully saturated rings. The molecule has 0 amide bonds. The monoisotopic (exact) mass is 490 g/mol. The number of carbonyl (C=O) groups is 1. The second kappa shape index (κ2) is 11.0. The number of rotatable bonds is 9. The van der Waals surface area contributed by atoms with Gasteiger partial charge in [0.25, 0.3) is 0 Å². The van der Waals surface area contributed by atoms with E-state index in [0.29, 0.717) is 18.8 Å². The van der Waals surface area contributed by atoms with Gasteiger partial charge in [0.1, 0.15) is 17.9 Å². The summed E-state index contributed by atoms with van der Waals surface area (Å²) in [4.78, 5) is 23.6. The van der Waals surface area contributed by atoms with E-state index in [0.717, 1.165) is 51.2 Å². The number of anilines is 2. The van der Waals surface area contributed by atoms with Crippen molar-refractivity contribution in [3.8, 4) is 5.75 Å². The zero-order chi connectivity index (χ0) is 24.0. The maximum absolute atomic E-state index is 12.2. The first-order valence-electron chi connectivity index (χ1n) is 12.3. The van der Waals surface area contributed by atoms with Gasteiger partial charge in [0.05, 0.1) is 24.3 Å². The van der Waals surface area contributed by atoms with Crippen LogP contribution in [0.5, 0.6) is 5.75 Å². The number of nitrogens with zero attached hydrogens (tertiary/aromatic N) is 3. The number of ether oxygens (including phenoxy) is 2. The Morgan fingerprint density at radius 3 is 2.80 bits per heavy atom. The van der Waals surface area contributed by atoms with E-state index in [1.54, 1.807) is 6.33 Å². The van der Waals surface area contributed by atoms with Crippen molar-refractivity contribution in [2.24, 2.45) is 0 Å². The summed E-state index contributed by atoms with van der Waals surface area (Å²) in [5, 5.41) is 7.07. The molecule has 35 heavy (non-hydrogen) atoms. The van der Waals surface area contributed by atoms with Gasteiger partial charge in [0, 0.05) is 39.2 Å². The molecule has 0 radical (unpaired) electrons. The molecular formula is C27H30N4O3S. The third kappa shape index (κ3) is 5.55. The minimum absolute atomic E-state index is 0.286. The van der Waals surface area contributed by atoms with Crippen LogP contribution in [0.2, 0.25) is 0 Å². The molecule has 1 N–H and O–H groups in total. The van der Waals surface area contributed by atoms with Crippen LogP contribution in [0.3, 0.4) is 0 Å². The minimum atomic E-state index is -0.286. The molecule has 1 saturated heterocycles. The Morgan fingerprint density at radius 1 is 1.09 bits per heavy atom. The largest absolute Gasteiger partial charge is 0.493 e. The van der Waals surface area contributed by atoms with Crippen LogP contribution in [-0.2, 0) is 4.74 Å². The Labute approximate surface area is 209 Å². The molecule has 2 aromatic heterocycles. The molecule has 0 atom stereocenters. The average molecular weight is 491 g/mol. The molecule has 0 bridgehead atoms. The molecule has 7 nitrogen and oxygen atoms in total. The highest BCUT2D eigenvalue weighted by molar-refractivity contribution is 7.17. The van der Waals surface area contributed by atoms with Crippen molar-refractivity contribution in [2.45, 2.75) is 32.6 Å². The fourth-order valence-corrected chi connectivity index (χ4v) is 5.47. The topological polar surface area (TPSA) is 76.6 Å². The van der Waals surface area contributed by atoms with E-state index in [1.807, 2.05) is 48.7 Å². The lowest BCUT2D eigenvalue weighted by Gasteiger charge is -2.26. The van der Waals surface area contributed by atoms with Crippen LogP contribution in [-0.4, -0.2) is 53.7 Å². The second-order valence-electron chi connectivity index (χ2n) is 8.71. The quantitative estimate of drug-likeness (QED) is 0.227. The number of likely N-dealkylation sites (tertiary alicyclic amines) is 1. The molecule has 4 aromatic rings. The first-order valence-corrected chi connectivity index (χ1v) is 13.1.